The largest absolute Gasteiger partial charge is 0.447 e. The number of hydrogen-bond donors (Lipinski definition) is 2. The minimum absolute atomic E-state index is 0.171. The summed E-state index contributed by atoms with van der Waals surface area (Å²) in [4.78, 5) is 24.9. The van der Waals surface area contributed by atoms with Crippen molar-refractivity contribution in [3.05, 3.63) is 24.3 Å². The Kier molecular flexibility index (Phi) is 3.94. The van der Waals surface area contributed by atoms with Gasteiger partial charge in [-0.2, -0.15) is 0 Å². The summed E-state index contributed by atoms with van der Waals surface area (Å²) in [5, 5.41) is 5.78. The number of rotatable bonds is 3. The van der Waals surface area contributed by atoms with Gasteiger partial charge in [0.2, 0.25) is 0 Å². The lowest BCUT2D eigenvalue weighted by atomic mass is 10.2. The number of nitrogens with one attached hydrogen (secondary N) is 2. The third kappa shape index (κ3) is 3.26. The van der Waals surface area contributed by atoms with Crippen LogP contribution in [0.15, 0.2) is 24.3 Å². The molecule has 6 heteroatoms. The number of ether oxygens (including phenoxy) is 1. The molecule has 0 radical (unpaired) electrons. The van der Waals surface area contributed by atoms with Crippen LogP contribution < -0.4 is 15.5 Å². The van der Waals surface area contributed by atoms with E-state index in [0.717, 1.165) is 18.5 Å². The zero-order valence-corrected chi connectivity index (χ0v) is 11.8. The Balaban J connectivity index is 1.56. The van der Waals surface area contributed by atoms with Crippen molar-refractivity contribution in [2.45, 2.75) is 31.7 Å². The zero-order chi connectivity index (χ0) is 14.7. The van der Waals surface area contributed by atoms with Crippen LogP contribution in [0.3, 0.4) is 0 Å². The van der Waals surface area contributed by atoms with E-state index in [-0.39, 0.29) is 12.1 Å². The summed E-state index contributed by atoms with van der Waals surface area (Å²) in [6, 6.07) is 7.30. The molecule has 112 valence electrons. The standard InChI is InChI=1S/C15H19N3O3/c19-14(16-11-3-1-2-4-11)17-12-5-7-13(8-6-12)18-9-10-21-15(18)20/h5-8,11H,1-4,9-10H2,(H2,16,17,19). The van der Waals surface area contributed by atoms with Crippen molar-refractivity contribution >= 4 is 23.5 Å². The van der Waals surface area contributed by atoms with E-state index in [1.807, 2.05) is 0 Å². The molecule has 1 saturated heterocycles. The fourth-order valence-electron chi connectivity index (χ4n) is 2.78. The van der Waals surface area contributed by atoms with Crippen molar-refractivity contribution < 1.29 is 14.3 Å². The lowest BCUT2D eigenvalue weighted by molar-refractivity contribution is 0.181. The first-order valence-electron chi connectivity index (χ1n) is 7.34. The minimum atomic E-state index is -0.324. The van der Waals surface area contributed by atoms with Gasteiger partial charge in [0.15, 0.2) is 0 Å². The van der Waals surface area contributed by atoms with Crippen LogP contribution in [0, 0.1) is 0 Å². The molecule has 2 fully saturated rings. The van der Waals surface area contributed by atoms with E-state index in [1.54, 1.807) is 29.2 Å². The Bertz CT molecular complexity index is 523. The van der Waals surface area contributed by atoms with Crippen LogP contribution in [0.2, 0.25) is 0 Å². The molecular formula is C15H19N3O3. The third-order valence-corrected chi connectivity index (χ3v) is 3.89. The first-order valence-corrected chi connectivity index (χ1v) is 7.34. The molecule has 0 spiro atoms. The topological polar surface area (TPSA) is 70.7 Å². The quantitative estimate of drug-likeness (QED) is 0.898. The van der Waals surface area contributed by atoms with E-state index in [2.05, 4.69) is 10.6 Å². The number of carbonyl (C=O) groups excluding carboxylic acids is 2. The molecule has 6 nitrogen and oxygen atoms in total. The number of nitrogens with zero attached hydrogens (tertiary/aromatic N) is 1. The van der Waals surface area contributed by atoms with Gasteiger partial charge in [0.1, 0.15) is 6.61 Å². The average molecular weight is 289 g/mol. The van der Waals surface area contributed by atoms with Crippen LogP contribution in [0.1, 0.15) is 25.7 Å². The summed E-state index contributed by atoms with van der Waals surface area (Å²) in [6.45, 7) is 0.983. The highest BCUT2D eigenvalue weighted by molar-refractivity contribution is 5.91. The predicted molar refractivity (Wildman–Crippen MR) is 79.5 cm³/mol. The van der Waals surface area contributed by atoms with E-state index in [4.69, 9.17) is 4.74 Å². The van der Waals surface area contributed by atoms with Gasteiger partial charge in [0.05, 0.1) is 6.54 Å². The lowest BCUT2D eigenvalue weighted by Crippen LogP contribution is -2.36. The van der Waals surface area contributed by atoms with Crippen LogP contribution in [0.5, 0.6) is 0 Å². The molecule has 0 atom stereocenters. The molecule has 1 heterocycles. The summed E-state index contributed by atoms with van der Waals surface area (Å²) in [6.07, 6.45) is 4.17. The van der Waals surface area contributed by atoms with E-state index in [9.17, 15) is 9.59 Å². The molecule has 0 aromatic heterocycles. The number of amides is 3. The normalized spacial score (nSPS) is 18.7. The lowest BCUT2D eigenvalue weighted by Gasteiger charge is -2.15. The molecule has 0 bridgehead atoms. The van der Waals surface area contributed by atoms with Gasteiger partial charge < -0.3 is 15.4 Å². The van der Waals surface area contributed by atoms with Gasteiger partial charge in [-0.3, -0.25) is 4.90 Å². The Labute approximate surface area is 123 Å². The van der Waals surface area contributed by atoms with E-state index >= 15 is 0 Å². The number of anilines is 2. The molecular weight excluding hydrogens is 270 g/mol. The second kappa shape index (κ2) is 6.03. The fourth-order valence-corrected chi connectivity index (χ4v) is 2.78. The second-order valence-corrected chi connectivity index (χ2v) is 5.39. The molecule has 3 rings (SSSR count). The molecule has 0 unspecified atom stereocenters. The first kappa shape index (κ1) is 13.7. The second-order valence-electron chi connectivity index (χ2n) is 5.39. The maximum atomic E-state index is 11.9. The molecule has 1 aromatic rings. The number of urea groups is 1. The van der Waals surface area contributed by atoms with E-state index < -0.39 is 0 Å². The first-order chi connectivity index (χ1) is 10.2. The Morgan fingerprint density at radius 1 is 1.19 bits per heavy atom. The number of carbonyl (C=O) groups is 2. The monoisotopic (exact) mass is 289 g/mol. The van der Waals surface area contributed by atoms with Gasteiger partial charge in [-0.05, 0) is 37.1 Å². The highest BCUT2D eigenvalue weighted by atomic mass is 16.6. The summed E-state index contributed by atoms with van der Waals surface area (Å²) >= 11 is 0. The number of cyclic esters (lactones) is 1. The molecule has 1 aromatic carbocycles. The van der Waals surface area contributed by atoms with Gasteiger partial charge in [0.25, 0.3) is 0 Å². The van der Waals surface area contributed by atoms with Crippen LogP contribution in [-0.2, 0) is 4.74 Å². The van der Waals surface area contributed by atoms with Gasteiger partial charge in [0, 0.05) is 17.4 Å². The van der Waals surface area contributed by atoms with Crippen molar-refractivity contribution in [1.29, 1.82) is 0 Å². The number of hydrogen-bond acceptors (Lipinski definition) is 3. The fraction of sp³-hybridized carbons (Fsp3) is 0.467. The van der Waals surface area contributed by atoms with Crippen LogP contribution in [-0.4, -0.2) is 31.3 Å². The van der Waals surface area contributed by atoms with Gasteiger partial charge in [-0.1, -0.05) is 12.8 Å². The molecule has 1 saturated carbocycles. The maximum absolute atomic E-state index is 11.9. The summed E-state index contributed by atoms with van der Waals surface area (Å²) in [7, 11) is 0. The van der Waals surface area contributed by atoms with Gasteiger partial charge in [-0.25, -0.2) is 9.59 Å². The van der Waals surface area contributed by atoms with E-state index in [0.29, 0.717) is 24.9 Å². The Morgan fingerprint density at radius 3 is 2.52 bits per heavy atom. The highest BCUT2D eigenvalue weighted by Gasteiger charge is 2.23. The van der Waals surface area contributed by atoms with Gasteiger partial charge >= 0.3 is 12.1 Å². The van der Waals surface area contributed by atoms with Crippen molar-refractivity contribution in [3.63, 3.8) is 0 Å². The van der Waals surface area contributed by atoms with Crippen molar-refractivity contribution in [3.8, 4) is 0 Å². The van der Waals surface area contributed by atoms with Crippen LogP contribution >= 0.6 is 0 Å². The molecule has 3 amide bonds. The summed E-state index contributed by atoms with van der Waals surface area (Å²) in [5.74, 6) is 0. The van der Waals surface area contributed by atoms with Crippen LogP contribution in [0.4, 0.5) is 21.0 Å². The smallest absolute Gasteiger partial charge is 0.414 e. The molecule has 1 aliphatic carbocycles. The van der Waals surface area contributed by atoms with Crippen molar-refractivity contribution in [2.24, 2.45) is 0 Å². The zero-order valence-electron chi connectivity index (χ0n) is 11.8. The maximum Gasteiger partial charge on any atom is 0.414 e. The van der Waals surface area contributed by atoms with E-state index in [1.165, 1.54) is 12.8 Å². The van der Waals surface area contributed by atoms with Crippen molar-refractivity contribution in [2.75, 3.05) is 23.4 Å². The minimum Gasteiger partial charge on any atom is -0.447 e. The SMILES string of the molecule is O=C(Nc1ccc(N2CCOC2=O)cc1)NC1CCCC1. The molecule has 2 aliphatic rings. The highest BCUT2D eigenvalue weighted by Crippen LogP contribution is 2.21. The Morgan fingerprint density at radius 2 is 1.90 bits per heavy atom. The van der Waals surface area contributed by atoms with Gasteiger partial charge in [-0.15, -0.1) is 0 Å². The molecule has 2 N–H and O–H groups in total. The van der Waals surface area contributed by atoms with Crippen LogP contribution in [0.25, 0.3) is 0 Å². The Hall–Kier alpha value is -2.24. The summed E-state index contributed by atoms with van der Waals surface area (Å²) < 4.78 is 4.90. The molecule has 1 aliphatic heterocycles. The number of benzene rings is 1. The average Bonchev–Trinajstić information content (AvgIpc) is 3.11. The predicted octanol–water partition coefficient (Wildman–Crippen LogP) is 2.71. The summed E-state index contributed by atoms with van der Waals surface area (Å²) in [5.41, 5.74) is 1.49. The molecule has 21 heavy (non-hydrogen) atoms. The third-order valence-electron chi connectivity index (χ3n) is 3.89. The van der Waals surface area contributed by atoms with Crippen molar-refractivity contribution in [1.82, 2.24) is 5.32 Å².